The largest absolute Gasteiger partial charge is 0.352 e. The van der Waals surface area contributed by atoms with E-state index in [0.29, 0.717) is 31.6 Å². The molecule has 3 rings (SSSR count). The molecule has 0 aliphatic carbocycles. The summed E-state index contributed by atoms with van der Waals surface area (Å²) in [6.45, 7) is 2.30. The van der Waals surface area contributed by atoms with E-state index in [-0.39, 0.29) is 17.7 Å². The molecule has 2 aliphatic rings. The van der Waals surface area contributed by atoms with Gasteiger partial charge in [-0.1, -0.05) is 0 Å². The Bertz CT molecular complexity index is 784. The monoisotopic (exact) mass is 393 g/mol. The molecule has 7 nitrogen and oxygen atoms in total. The third-order valence-corrected chi connectivity index (χ3v) is 6.66. The zero-order valence-corrected chi connectivity index (χ0v) is 16.5. The van der Waals surface area contributed by atoms with Gasteiger partial charge in [-0.2, -0.15) is 0 Å². The molecule has 0 unspecified atom stereocenters. The topological polar surface area (TPSA) is 86.8 Å². The average molecular weight is 394 g/mol. The van der Waals surface area contributed by atoms with Gasteiger partial charge in [0, 0.05) is 43.9 Å². The number of benzene rings is 1. The van der Waals surface area contributed by atoms with Gasteiger partial charge in [0.25, 0.3) is 5.91 Å². The van der Waals surface area contributed by atoms with Crippen LogP contribution in [-0.2, 0) is 14.8 Å². The molecular formula is C19H27N3O4S. The third-order valence-electron chi connectivity index (χ3n) is 5.36. The van der Waals surface area contributed by atoms with Gasteiger partial charge in [-0.3, -0.25) is 9.59 Å². The molecule has 0 bridgehead atoms. The molecular weight excluding hydrogens is 366 g/mol. The van der Waals surface area contributed by atoms with Gasteiger partial charge in [0.05, 0.1) is 6.26 Å². The molecule has 0 radical (unpaired) electrons. The highest BCUT2D eigenvalue weighted by Crippen LogP contribution is 2.22. The number of carbonyl (C=O) groups is 2. The van der Waals surface area contributed by atoms with E-state index < -0.39 is 10.0 Å². The highest BCUT2D eigenvalue weighted by Gasteiger charge is 2.25. The molecule has 148 valence electrons. The molecule has 2 saturated heterocycles. The Morgan fingerprint density at radius 3 is 2.37 bits per heavy atom. The molecule has 0 saturated carbocycles. The standard InChI is InChI=1S/C19H27N3O4S/c1-27(25,26)21-12-9-15(10-13-21)14-20-19(24)16-5-7-17(8-6-16)22-11-3-2-4-18(22)23/h5-8,15H,2-4,9-14H2,1H3,(H,20,24). The quantitative estimate of drug-likeness (QED) is 0.823. The zero-order chi connectivity index (χ0) is 19.4. The Labute approximate surface area is 160 Å². The van der Waals surface area contributed by atoms with Crippen LogP contribution in [0.1, 0.15) is 42.5 Å². The Balaban J connectivity index is 1.49. The van der Waals surface area contributed by atoms with E-state index in [0.717, 1.165) is 37.9 Å². The van der Waals surface area contributed by atoms with Crippen molar-refractivity contribution in [1.82, 2.24) is 9.62 Å². The van der Waals surface area contributed by atoms with Crippen molar-refractivity contribution in [1.29, 1.82) is 0 Å². The van der Waals surface area contributed by atoms with Crippen LogP contribution in [0.3, 0.4) is 0 Å². The maximum Gasteiger partial charge on any atom is 0.251 e. The smallest absolute Gasteiger partial charge is 0.251 e. The van der Waals surface area contributed by atoms with E-state index in [1.165, 1.54) is 10.6 Å². The van der Waals surface area contributed by atoms with Crippen molar-refractivity contribution in [2.75, 3.05) is 37.3 Å². The number of anilines is 1. The fourth-order valence-corrected chi connectivity index (χ4v) is 4.53. The summed E-state index contributed by atoms with van der Waals surface area (Å²) in [5, 5.41) is 2.94. The number of hydrogen-bond acceptors (Lipinski definition) is 4. The highest BCUT2D eigenvalue weighted by atomic mass is 32.2. The summed E-state index contributed by atoms with van der Waals surface area (Å²) in [5.74, 6) is 0.285. The van der Waals surface area contributed by atoms with Crippen molar-refractivity contribution in [2.45, 2.75) is 32.1 Å². The summed E-state index contributed by atoms with van der Waals surface area (Å²) in [7, 11) is -3.12. The molecule has 2 aliphatic heterocycles. The van der Waals surface area contributed by atoms with Crippen molar-refractivity contribution < 1.29 is 18.0 Å². The zero-order valence-electron chi connectivity index (χ0n) is 15.7. The summed E-state index contributed by atoms with van der Waals surface area (Å²) in [4.78, 5) is 26.1. The van der Waals surface area contributed by atoms with Crippen LogP contribution in [0.5, 0.6) is 0 Å². The van der Waals surface area contributed by atoms with Crippen LogP contribution in [0.25, 0.3) is 0 Å². The second-order valence-electron chi connectivity index (χ2n) is 7.36. The Morgan fingerprint density at radius 2 is 1.78 bits per heavy atom. The van der Waals surface area contributed by atoms with E-state index in [1.807, 2.05) is 12.1 Å². The van der Waals surface area contributed by atoms with Crippen molar-refractivity contribution in [3.63, 3.8) is 0 Å². The minimum atomic E-state index is -3.12. The lowest BCUT2D eigenvalue weighted by molar-refractivity contribution is -0.119. The fraction of sp³-hybridized carbons (Fsp3) is 0.579. The Morgan fingerprint density at radius 1 is 1.11 bits per heavy atom. The SMILES string of the molecule is CS(=O)(=O)N1CCC(CNC(=O)c2ccc(N3CCCCC3=O)cc2)CC1. The van der Waals surface area contributed by atoms with Gasteiger partial charge >= 0.3 is 0 Å². The number of nitrogens with one attached hydrogen (secondary N) is 1. The number of hydrogen-bond donors (Lipinski definition) is 1. The second kappa shape index (κ2) is 8.39. The summed E-state index contributed by atoms with van der Waals surface area (Å²) in [5.41, 5.74) is 1.40. The van der Waals surface area contributed by atoms with Crippen LogP contribution in [0.2, 0.25) is 0 Å². The minimum absolute atomic E-state index is 0.138. The van der Waals surface area contributed by atoms with E-state index in [4.69, 9.17) is 0 Å². The molecule has 1 aromatic rings. The Kier molecular flexibility index (Phi) is 6.16. The minimum Gasteiger partial charge on any atom is -0.352 e. The van der Waals surface area contributed by atoms with Gasteiger partial charge in [0.1, 0.15) is 0 Å². The number of amides is 2. The molecule has 27 heavy (non-hydrogen) atoms. The summed E-state index contributed by atoms with van der Waals surface area (Å²) < 4.78 is 24.6. The Hall–Kier alpha value is -1.93. The lowest BCUT2D eigenvalue weighted by atomic mass is 9.98. The summed E-state index contributed by atoms with van der Waals surface area (Å²) in [6.07, 6.45) is 5.27. The molecule has 2 heterocycles. The number of rotatable bonds is 5. The molecule has 1 N–H and O–H groups in total. The van der Waals surface area contributed by atoms with E-state index >= 15 is 0 Å². The summed E-state index contributed by atoms with van der Waals surface area (Å²) >= 11 is 0. The first kappa shape index (κ1) is 19.8. The lowest BCUT2D eigenvalue weighted by Gasteiger charge is -2.30. The predicted octanol–water partition coefficient (Wildman–Crippen LogP) is 1.60. The fourth-order valence-electron chi connectivity index (χ4n) is 3.66. The predicted molar refractivity (Wildman–Crippen MR) is 104 cm³/mol. The maximum atomic E-state index is 12.4. The molecule has 2 fully saturated rings. The molecule has 2 amide bonds. The molecule has 8 heteroatoms. The van der Waals surface area contributed by atoms with Crippen molar-refractivity contribution in [3.05, 3.63) is 29.8 Å². The van der Waals surface area contributed by atoms with Crippen LogP contribution in [-0.4, -0.2) is 57.0 Å². The number of sulfonamides is 1. The number of nitrogens with zero attached hydrogens (tertiary/aromatic N) is 2. The highest BCUT2D eigenvalue weighted by molar-refractivity contribution is 7.88. The van der Waals surface area contributed by atoms with Crippen LogP contribution in [0.15, 0.2) is 24.3 Å². The molecule has 0 aromatic heterocycles. The van der Waals surface area contributed by atoms with Crippen LogP contribution in [0.4, 0.5) is 5.69 Å². The van der Waals surface area contributed by atoms with Gasteiger partial charge in [0.2, 0.25) is 15.9 Å². The van der Waals surface area contributed by atoms with E-state index in [9.17, 15) is 18.0 Å². The third kappa shape index (κ3) is 5.07. The molecule has 0 atom stereocenters. The molecule has 1 aromatic carbocycles. The first-order valence-corrected chi connectivity index (χ1v) is 11.3. The second-order valence-corrected chi connectivity index (χ2v) is 9.35. The van der Waals surface area contributed by atoms with Crippen molar-refractivity contribution in [3.8, 4) is 0 Å². The van der Waals surface area contributed by atoms with Crippen molar-refractivity contribution in [2.24, 2.45) is 5.92 Å². The first-order valence-electron chi connectivity index (χ1n) is 9.48. The van der Waals surface area contributed by atoms with Gasteiger partial charge < -0.3 is 10.2 Å². The number of piperidine rings is 2. The average Bonchev–Trinajstić information content (AvgIpc) is 2.66. The van der Waals surface area contributed by atoms with Gasteiger partial charge in [-0.05, 0) is 55.9 Å². The van der Waals surface area contributed by atoms with Crippen LogP contribution in [0, 0.1) is 5.92 Å². The lowest BCUT2D eigenvalue weighted by Crippen LogP contribution is -2.41. The maximum absolute atomic E-state index is 12.4. The normalized spacial score (nSPS) is 19.9. The van der Waals surface area contributed by atoms with E-state index in [2.05, 4.69) is 5.32 Å². The number of carbonyl (C=O) groups excluding carboxylic acids is 2. The molecule has 0 spiro atoms. The van der Waals surface area contributed by atoms with Gasteiger partial charge in [0.15, 0.2) is 0 Å². The van der Waals surface area contributed by atoms with Crippen molar-refractivity contribution >= 4 is 27.5 Å². The van der Waals surface area contributed by atoms with Gasteiger partial charge in [-0.25, -0.2) is 12.7 Å². The van der Waals surface area contributed by atoms with E-state index in [1.54, 1.807) is 17.0 Å². The summed E-state index contributed by atoms with van der Waals surface area (Å²) in [6, 6.07) is 7.14. The van der Waals surface area contributed by atoms with Gasteiger partial charge in [-0.15, -0.1) is 0 Å². The first-order chi connectivity index (χ1) is 12.8. The van der Waals surface area contributed by atoms with Crippen LogP contribution < -0.4 is 10.2 Å². The van der Waals surface area contributed by atoms with Crippen LogP contribution >= 0.6 is 0 Å².